The van der Waals surface area contributed by atoms with Gasteiger partial charge in [-0.1, -0.05) is 13.0 Å². The molecule has 1 aliphatic heterocycles. The molecule has 194 valence electrons. The highest BCUT2D eigenvalue weighted by Gasteiger charge is 2.57. The van der Waals surface area contributed by atoms with Crippen LogP contribution >= 0.6 is 23.4 Å². The molecule has 3 aromatic heterocycles. The topological polar surface area (TPSA) is 154 Å². The van der Waals surface area contributed by atoms with Gasteiger partial charge in [0, 0.05) is 37.2 Å². The van der Waals surface area contributed by atoms with Crippen molar-refractivity contribution in [3.05, 3.63) is 48.7 Å². The molecular formula is C22H27BrFN6O5P. The van der Waals surface area contributed by atoms with Crippen molar-refractivity contribution in [3.8, 4) is 0 Å². The summed E-state index contributed by atoms with van der Waals surface area (Å²) in [5.41, 5.74) is 6.95. The Balaban J connectivity index is 1.51. The molecule has 1 aliphatic rings. The van der Waals surface area contributed by atoms with E-state index in [1.807, 2.05) is 0 Å². The van der Waals surface area contributed by atoms with Crippen LogP contribution in [0.15, 0.2) is 43.1 Å². The molecule has 2 unspecified atom stereocenters. The number of aromatic nitrogens is 4. The molecule has 3 aromatic rings. The molecule has 0 bridgehead atoms. The maximum atomic E-state index is 15.7. The number of nitrogens with two attached hydrogens (primary N) is 1. The second kappa shape index (κ2) is 10.6. The standard InChI is InChI=1S/C22H27BrFN6O5P/c1-13(14(2)31)11-36(33,29-9-15-4-3-6-26-8-15)34-10-17-18(32)22(23,24)21(35-17)30-7-5-16-19(25)27-12-28-20(16)30/h3-8,12-13,17-18,21,32H,9-11H2,1-2H3,(H,29,33)(H2,25,27,28)/t13-,17-,18+,21-,22?,36?/m1/s1. The van der Waals surface area contributed by atoms with Gasteiger partial charge in [-0.3, -0.25) is 14.3 Å². The van der Waals surface area contributed by atoms with E-state index in [-0.39, 0.29) is 24.3 Å². The number of nitrogen functional groups attached to an aromatic ring is 1. The van der Waals surface area contributed by atoms with E-state index in [1.54, 1.807) is 37.5 Å². The van der Waals surface area contributed by atoms with Gasteiger partial charge in [0.25, 0.3) is 7.52 Å². The summed E-state index contributed by atoms with van der Waals surface area (Å²) in [4.78, 5) is 23.9. The number of pyridine rings is 1. The van der Waals surface area contributed by atoms with Gasteiger partial charge in [-0.2, -0.15) is 0 Å². The average Bonchev–Trinajstić information content (AvgIpc) is 3.36. The number of Topliss-reactive ketones (excluding diaryl/α,β-unsaturated/α-hetero) is 1. The summed E-state index contributed by atoms with van der Waals surface area (Å²) < 4.78 is 39.9. The highest BCUT2D eigenvalue weighted by atomic mass is 79.9. The average molecular weight is 585 g/mol. The van der Waals surface area contributed by atoms with Gasteiger partial charge in [-0.05, 0) is 40.5 Å². The highest BCUT2D eigenvalue weighted by molar-refractivity contribution is 9.10. The minimum atomic E-state index is -3.61. The third kappa shape index (κ3) is 5.51. The summed E-state index contributed by atoms with van der Waals surface area (Å²) in [5.74, 6) is -0.480. The van der Waals surface area contributed by atoms with Gasteiger partial charge in [0.05, 0.1) is 12.0 Å². The molecule has 4 heterocycles. The molecule has 4 rings (SSSR count). The molecule has 11 nitrogen and oxygen atoms in total. The van der Waals surface area contributed by atoms with Crippen LogP contribution in [0.4, 0.5) is 10.2 Å². The molecule has 36 heavy (non-hydrogen) atoms. The number of carbonyl (C=O) groups excluding carboxylic acids is 1. The second-order valence-electron chi connectivity index (χ2n) is 8.73. The number of ether oxygens (including phenoxy) is 1. The minimum absolute atomic E-state index is 0.0810. The number of rotatable bonds is 10. The van der Waals surface area contributed by atoms with Crippen molar-refractivity contribution in [3.63, 3.8) is 0 Å². The summed E-state index contributed by atoms with van der Waals surface area (Å²) in [5, 5.41) is 14.1. The number of carbonyl (C=O) groups is 1. The van der Waals surface area contributed by atoms with E-state index in [0.29, 0.717) is 11.0 Å². The lowest BCUT2D eigenvalue weighted by molar-refractivity contribution is -0.119. The molecule has 0 aromatic carbocycles. The lowest BCUT2D eigenvalue weighted by Gasteiger charge is -2.24. The van der Waals surface area contributed by atoms with Gasteiger partial charge in [0.15, 0.2) is 6.23 Å². The Kier molecular flexibility index (Phi) is 7.89. The van der Waals surface area contributed by atoms with Gasteiger partial charge in [-0.25, -0.2) is 19.4 Å². The summed E-state index contributed by atoms with van der Waals surface area (Å²) in [7, 11) is -3.61. The fourth-order valence-corrected chi connectivity index (χ4v) is 6.58. The number of hydrogen-bond acceptors (Lipinski definition) is 9. The quantitative estimate of drug-likeness (QED) is 0.239. The van der Waals surface area contributed by atoms with Gasteiger partial charge < -0.3 is 24.7 Å². The van der Waals surface area contributed by atoms with Gasteiger partial charge in [-0.15, -0.1) is 0 Å². The lowest BCUT2D eigenvalue weighted by atomic mass is 10.1. The van der Waals surface area contributed by atoms with E-state index in [9.17, 15) is 14.5 Å². The normalized spacial score (nSPS) is 26.6. The molecule has 0 amide bonds. The summed E-state index contributed by atoms with van der Waals surface area (Å²) in [6.45, 7) is 2.84. The first-order chi connectivity index (χ1) is 17.0. The SMILES string of the molecule is CC(=O)[C@H](C)CP(=O)(NCc1cccnc1)OC[C@H]1O[C@@H](n2ccc3c(N)ncnc32)C(F)(Br)[C@H]1O. The van der Waals surface area contributed by atoms with E-state index in [4.69, 9.17) is 15.0 Å². The number of aliphatic hydroxyl groups is 1. The molecule has 1 fully saturated rings. The van der Waals surface area contributed by atoms with Crippen molar-refractivity contribution in [2.75, 3.05) is 18.5 Å². The molecule has 0 saturated carbocycles. The van der Waals surface area contributed by atoms with Gasteiger partial charge in [0.1, 0.15) is 35.8 Å². The maximum absolute atomic E-state index is 15.7. The van der Waals surface area contributed by atoms with Crippen molar-refractivity contribution < 1.29 is 28.1 Å². The fourth-order valence-electron chi connectivity index (χ4n) is 3.85. The van der Waals surface area contributed by atoms with Crippen LogP contribution in [0, 0.1) is 5.92 Å². The first-order valence-corrected chi connectivity index (χ1v) is 13.8. The smallest absolute Gasteiger partial charge is 0.270 e. The van der Waals surface area contributed by atoms with Gasteiger partial charge in [0.2, 0.25) is 4.58 Å². The number of ketones is 1. The van der Waals surface area contributed by atoms with Crippen molar-refractivity contribution in [2.24, 2.45) is 5.92 Å². The number of fused-ring (bicyclic) bond motifs is 1. The molecule has 6 atom stereocenters. The maximum Gasteiger partial charge on any atom is 0.270 e. The molecule has 4 N–H and O–H groups in total. The Bertz CT molecular complexity index is 1280. The zero-order valence-corrected chi connectivity index (χ0v) is 22.1. The third-order valence-corrected chi connectivity index (χ3v) is 9.17. The van der Waals surface area contributed by atoms with E-state index >= 15 is 4.39 Å². The first-order valence-electron chi connectivity index (χ1n) is 11.2. The van der Waals surface area contributed by atoms with Crippen LogP contribution < -0.4 is 10.8 Å². The monoisotopic (exact) mass is 584 g/mol. The van der Waals surface area contributed by atoms with E-state index in [0.717, 1.165) is 5.56 Å². The molecule has 0 aliphatic carbocycles. The van der Waals surface area contributed by atoms with Crippen LogP contribution in [-0.4, -0.2) is 60.0 Å². The summed E-state index contributed by atoms with van der Waals surface area (Å²) in [6, 6.07) is 5.16. The van der Waals surface area contributed by atoms with E-state index < -0.39 is 43.1 Å². The van der Waals surface area contributed by atoms with Crippen LogP contribution in [0.2, 0.25) is 0 Å². The Morgan fingerprint density at radius 3 is 2.94 bits per heavy atom. The van der Waals surface area contributed by atoms with Crippen LogP contribution in [-0.2, 0) is 25.2 Å². The largest absolute Gasteiger partial charge is 0.386 e. The Morgan fingerprint density at radius 2 is 2.25 bits per heavy atom. The Hall–Kier alpha value is -2.28. The number of halogens is 2. The van der Waals surface area contributed by atoms with Crippen molar-refractivity contribution in [1.29, 1.82) is 0 Å². The van der Waals surface area contributed by atoms with E-state index in [2.05, 4.69) is 36.0 Å². The van der Waals surface area contributed by atoms with Crippen molar-refractivity contribution in [1.82, 2.24) is 24.6 Å². The first kappa shape index (κ1) is 26.8. The van der Waals surface area contributed by atoms with Crippen LogP contribution in [0.1, 0.15) is 25.6 Å². The van der Waals surface area contributed by atoms with Crippen molar-refractivity contribution in [2.45, 2.75) is 43.4 Å². The Labute approximate surface area is 215 Å². The molecule has 1 saturated heterocycles. The molecule has 0 radical (unpaired) electrons. The number of anilines is 1. The highest BCUT2D eigenvalue weighted by Crippen LogP contribution is 2.50. The minimum Gasteiger partial charge on any atom is -0.386 e. The van der Waals surface area contributed by atoms with Crippen LogP contribution in [0.3, 0.4) is 0 Å². The predicted octanol–water partition coefficient (Wildman–Crippen LogP) is 2.95. The number of nitrogens with one attached hydrogen (secondary N) is 1. The second-order valence-corrected chi connectivity index (χ2v) is 12.2. The van der Waals surface area contributed by atoms with Gasteiger partial charge >= 0.3 is 0 Å². The van der Waals surface area contributed by atoms with Crippen LogP contribution in [0.5, 0.6) is 0 Å². The lowest BCUT2D eigenvalue weighted by Crippen LogP contribution is -2.38. The number of aliphatic hydroxyl groups excluding tert-OH is 1. The van der Waals surface area contributed by atoms with E-state index in [1.165, 1.54) is 24.0 Å². The zero-order chi connectivity index (χ0) is 26.1. The number of hydrogen-bond donors (Lipinski definition) is 3. The molecule has 14 heteroatoms. The fraction of sp³-hybridized carbons (Fsp3) is 0.455. The molecule has 0 spiro atoms. The Morgan fingerprint density at radius 1 is 1.47 bits per heavy atom. The summed E-state index contributed by atoms with van der Waals surface area (Å²) >= 11 is 2.95. The summed E-state index contributed by atoms with van der Waals surface area (Å²) in [6.07, 6.45) is 1.74. The zero-order valence-electron chi connectivity index (χ0n) is 19.6. The number of nitrogens with zero attached hydrogens (tertiary/aromatic N) is 4. The molecular weight excluding hydrogens is 558 g/mol. The van der Waals surface area contributed by atoms with Crippen LogP contribution in [0.25, 0.3) is 11.0 Å². The predicted molar refractivity (Wildman–Crippen MR) is 134 cm³/mol. The number of alkyl halides is 2. The third-order valence-electron chi connectivity index (χ3n) is 6.07. The van der Waals surface area contributed by atoms with Crippen molar-refractivity contribution >= 4 is 46.1 Å².